The summed E-state index contributed by atoms with van der Waals surface area (Å²) < 4.78 is 52.2. The van der Waals surface area contributed by atoms with E-state index < -0.39 is 24.6 Å². The fourth-order valence-corrected chi connectivity index (χ4v) is 2.67. The summed E-state index contributed by atoms with van der Waals surface area (Å²) in [5, 5.41) is 4.90. The number of hydrogen-bond donors (Lipinski definition) is 0. The molecule has 29 heavy (non-hydrogen) atoms. The summed E-state index contributed by atoms with van der Waals surface area (Å²) in [4.78, 5) is 7.58. The van der Waals surface area contributed by atoms with Crippen LogP contribution in [0.25, 0.3) is 16.9 Å². The Morgan fingerprint density at radius 1 is 1.14 bits per heavy atom. The predicted octanol–water partition coefficient (Wildman–Crippen LogP) is 3.77. The van der Waals surface area contributed by atoms with Gasteiger partial charge in [0.15, 0.2) is 0 Å². The van der Waals surface area contributed by atoms with Gasteiger partial charge < -0.3 is 9.31 Å². The van der Waals surface area contributed by atoms with E-state index in [2.05, 4.69) is 15.1 Å². The van der Waals surface area contributed by atoms with Gasteiger partial charge in [-0.05, 0) is 44.8 Å². The van der Waals surface area contributed by atoms with Crippen molar-refractivity contribution in [2.75, 3.05) is 6.61 Å². The quantitative estimate of drug-likeness (QED) is 0.559. The third-order valence-electron chi connectivity index (χ3n) is 4.59. The smallest absolute Gasteiger partial charge is 0.408 e. The van der Waals surface area contributed by atoms with Gasteiger partial charge in [0.25, 0.3) is 5.95 Å². The Labute approximate surface area is 167 Å². The topological polar surface area (TPSA) is 62.1 Å². The summed E-state index contributed by atoms with van der Waals surface area (Å²) in [6.07, 6.45) is -1.16. The van der Waals surface area contributed by atoms with Gasteiger partial charge >= 0.3 is 13.3 Å². The number of fused-ring (bicyclic) bond motifs is 1. The fraction of sp³-hybridized carbons (Fsp3) is 0.421. The van der Waals surface area contributed by atoms with Crippen LogP contribution in [-0.4, -0.2) is 39.1 Å². The molecule has 0 amide bonds. The van der Waals surface area contributed by atoms with E-state index in [4.69, 9.17) is 9.31 Å². The van der Waals surface area contributed by atoms with E-state index in [9.17, 15) is 13.2 Å². The minimum absolute atomic E-state index is 0.158. The molecule has 1 aromatic carbocycles. The second kappa shape index (κ2) is 8.12. The first-order chi connectivity index (χ1) is 13.6. The fourth-order valence-electron chi connectivity index (χ4n) is 2.67. The SMILES string of the molecule is CCOB(OC(C)(C)CC)c1ccc2cnn(-c3nccc(C(F)(F)F)n3)c2c1. The van der Waals surface area contributed by atoms with Crippen molar-refractivity contribution >= 4 is 23.5 Å². The van der Waals surface area contributed by atoms with Crippen molar-refractivity contribution in [1.29, 1.82) is 0 Å². The predicted molar refractivity (Wildman–Crippen MR) is 104 cm³/mol. The lowest BCUT2D eigenvalue weighted by Gasteiger charge is -2.28. The Kier molecular flexibility index (Phi) is 5.95. The molecule has 0 aliphatic heterocycles. The van der Waals surface area contributed by atoms with E-state index in [1.807, 2.05) is 39.8 Å². The molecule has 0 N–H and O–H groups in total. The molecule has 0 saturated carbocycles. The normalized spacial score (nSPS) is 12.5. The lowest BCUT2D eigenvalue weighted by atomic mass is 9.77. The average Bonchev–Trinajstić information content (AvgIpc) is 3.10. The number of halogens is 3. The monoisotopic (exact) mass is 406 g/mol. The Morgan fingerprint density at radius 3 is 2.55 bits per heavy atom. The highest BCUT2D eigenvalue weighted by molar-refractivity contribution is 6.61. The van der Waals surface area contributed by atoms with Crippen molar-refractivity contribution in [1.82, 2.24) is 19.7 Å². The van der Waals surface area contributed by atoms with Gasteiger partial charge in [0.05, 0.1) is 11.7 Å². The summed E-state index contributed by atoms with van der Waals surface area (Å²) in [7, 11) is -0.620. The minimum Gasteiger partial charge on any atom is -0.408 e. The minimum atomic E-state index is -4.56. The molecule has 0 radical (unpaired) electrons. The van der Waals surface area contributed by atoms with Crippen LogP contribution < -0.4 is 5.46 Å². The van der Waals surface area contributed by atoms with E-state index in [0.717, 1.165) is 29.5 Å². The molecule has 0 atom stereocenters. The molecule has 0 aliphatic rings. The molecule has 0 spiro atoms. The van der Waals surface area contributed by atoms with Gasteiger partial charge in [0, 0.05) is 23.8 Å². The molecular formula is C19H22BF3N4O2. The lowest BCUT2D eigenvalue weighted by molar-refractivity contribution is -0.141. The molecule has 3 aromatic rings. The van der Waals surface area contributed by atoms with E-state index in [1.54, 1.807) is 12.3 Å². The van der Waals surface area contributed by atoms with E-state index >= 15 is 0 Å². The van der Waals surface area contributed by atoms with Crippen LogP contribution in [-0.2, 0) is 15.5 Å². The highest BCUT2D eigenvalue weighted by Crippen LogP contribution is 2.27. The zero-order valence-electron chi connectivity index (χ0n) is 16.7. The first-order valence-corrected chi connectivity index (χ1v) is 9.32. The first-order valence-electron chi connectivity index (χ1n) is 9.32. The van der Waals surface area contributed by atoms with Crippen LogP contribution in [0, 0.1) is 0 Å². The summed E-state index contributed by atoms with van der Waals surface area (Å²) in [5.41, 5.74) is -0.138. The third kappa shape index (κ3) is 4.76. The zero-order valence-corrected chi connectivity index (χ0v) is 16.7. The van der Waals surface area contributed by atoms with Crippen molar-refractivity contribution in [2.24, 2.45) is 0 Å². The van der Waals surface area contributed by atoms with Crippen LogP contribution in [0.15, 0.2) is 36.7 Å². The van der Waals surface area contributed by atoms with Crippen molar-refractivity contribution in [2.45, 2.75) is 45.9 Å². The lowest BCUT2D eigenvalue weighted by Crippen LogP contribution is -2.43. The number of hydrogen-bond acceptors (Lipinski definition) is 5. The maximum Gasteiger partial charge on any atom is 0.494 e. The van der Waals surface area contributed by atoms with Gasteiger partial charge in [-0.1, -0.05) is 19.1 Å². The maximum atomic E-state index is 13.0. The van der Waals surface area contributed by atoms with Gasteiger partial charge in [-0.15, -0.1) is 0 Å². The van der Waals surface area contributed by atoms with Crippen LogP contribution in [0.5, 0.6) is 0 Å². The Hall–Kier alpha value is -2.46. The molecule has 10 heteroatoms. The van der Waals surface area contributed by atoms with Gasteiger partial charge in [-0.25, -0.2) is 9.97 Å². The summed E-state index contributed by atoms with van der Waals surface area (Å²) >= 11 is 0. The number of rotatable bonds is 7. The molecular weight excluding hydrogens is 384 g/mol. The summed E-state index contributed by atoms with van der Waals surface area (Å²) in [5.74, 6) is -0.158. The van der Waals surface area contributed by atoms with Gasteiger partial charge in [-0.2, -0.15) is 23.0 Å². The number of benzene rings is 1. The zero-order chi connectivity index (χ0) is 21.2. The summed E-state index contributed by atoms with van der Waals surface area (Å²) in [6.45, 7) is 8.27. The Balaban J connectivity index is 2.04. The second-order valence-corrected chi connectivity index (χ2v) is 7.13. The van der Waals surface area contributed by atoms with E-state index in [1.165, 1.54) is 4.68 Å². The van der Waals surface area contributed by atoms with Crippen LogP contribution in [0.1, 0.15) is 39.8 Å². The molecule has 0 unspecified atom stereocenters. The Morgan fingerprint density at radius 2 is 1.90 bits per heavy atom. The third-order valence-corrected chi connectivity index (χ3v) is 4.59. The van der Waals surface area contributed by atoms with Crippen LogP contribution in [0.4, 0.5) is 13.2 Å². The van der Waals surface area contributed by atoms with Crippen LogP contribution in [0.3, 0.4) is 0 Å². The second-order valence-electron chi connectivity index (χ2n) is 7.13. The highest BCUT2D eigenvalue weighted by atomic mass is 19.4. The van der Waals surface area contributed by atoms with Crippen LogP contribution in [0.2, 0.25) is 0 Å². The van der Waals surface area contributed by atoms with Gasteiger partial charge in [0.1, 0.15) is 5.69 Å². The molecule has 2 heterocycles. The molecule has 3 rings (SSSR count). The van der Waals surface area contributed by atoms with E-state index in [0.29, 0.717) is 12.1 Å². The highest BCUT2D eigenvalue weighted by Gasteiger charge is 2.33. The van der Waals surface area contributed by atoms with Gasteiger partial charge in [0.2, 0.25) is 0 Å². The molecule has 2 aromatic heterocycles. The van der Waals surface area contributed by atoms with Crippen LogP contribution >= 0.6 is 0 Å². The standard InChI is InChI=1S/C19H22BF3N4O2/c1-5-18(3,4)29-20(28-6-2)14-8-7-13-12-25-27(15(13)11-14)17-24-10-9-16(26-17)19(21,22)23/h7-12H,5-6H2,1-4H3. The molecule has 0 bridgehead atoms. The first kappa shape index (κ1) is 21.3. The van der Waals surface area contributed by atoms with E-state index in [-0.39, 0.29) is 5.95 Å². The number of aromatic nitrogens is 4. The molecule has 154 valence electrons. The average molecular weight is 406 g/mol. The van der Waals surface area contributed by atoms with Crippen molar-refractivity contribution in [3.8, 4) is 5.95 Å². The number of alkyl halides is 3. The molecule has 0 saturated heterocycles. The summed E-state index contributed by atoms with van der Waals surface area (Å²) in [6, 6.07) is 6.27. The maximum absolute atomic E-state index is 13.0. The number of nitrogens with zero attached hydrogens (tertiary/aromatic N) is 4. The largest absolute Gasteiger partial charge is 0.494 e. The van der Waals surface area contributed by atoms with Crippen molar-refractivity contribution < 1.29 is 22.5 Å². The molecule has 6 nitrogen and oxygen atoms in total. The molecule has 0 aliphatic carbocycles. The van der Waals surface area contributed by atoms with Crippen molar-refractivity contribution in [3.05, 3.63) is 42.4 Å². The molecule has 0 fully saturated rings. The van der Waals surface area contributed by atoms with Gasteiger partial charge in [-0.3, -0.25) is 0 Å². The van der Waals surface area contributed by atoms with Crippen molar-refractivity contribution in [3.63, 3.8) is 0 Å². The Bertz CT molecular complexity index is 991.